The van der Waals surface area contributed by atoms with Crippen molar-refractivity contribution < 1.29 is 0 Å². The number of nitrogens with zero attached hydrogens (tertiary/aromatic N) is 3. The third-order valence-electron chi connectivity index (χ3n) is 2.24. The van der Waals surface area contributed by atoms with Gasteiger partial charge in [-0.25, -0.2) is 4.98 Å². The lowest BCUT2D eigenvalue weighted by atomic mass is 10.4. The van der Waals surface area contributed by atoms with E-state index in [1.807, 2.05) is 20.0 Å². The van der Waals surface area contributed by atoms with Crippen LogP contribution in [0.5, 0.6) is 0 Å². The molecule has 4 nitrogen and oxygen atoms in total. The molecule has 84 valence electrons. The Hall–Kier alpha value is -1.32. The fourth-order valence-corrected chi connectivity index (χ4v) is 1.23. The average Bonchev–Trinajstić information content (AvgIpc) is 2.24. The highest BCUT2D eigenvalue weighted by molar-refractivity contribution is 5.43. The van der Waals surface area contributed by atoms with E-state index in [0.717, 1.165) is 37.0 Å². The van der Waals surface area contributed by atoms with Crippen LogP contribution in [-0.4, -0.2) is 30.1 Å². The largest absolute Gasteiger partial charge is 0.360 e. The number of aromatic nitrogens is 2. The molecule has 0 saturated carbocycles. The molecule has 0 amide bonds. The smallest absolute Gasteiger partial charge is 0.224 e. The Morgan fingerprint density at radius 3 is 2.67 bits per heavy atom. The molecule has 1 heterocycles. The standard InChI is InChI=1S/C11H20N4/c1-5-7-12-11-13-9(3)8-10(14-11)15(4)6-2/h8H,5-7H2,1-4H3,(H,12,13,14). The minimum Gasteiger partial charge on any atom is -0.360 e. The predicted molar refractivity (Wildman–Crippen MR) is 64.5 cm³/mol. The minimum absolute atomic E-state index is 0.729. The summed E-state index contributed by atoms with van der Waals surface area (Å²) in [5.41, 5.74) is 0.999. The van der Waals surface area contributed by atoms with E-state index in [2.05, 4.69) is 34.0 Å². The van der Waals surface area contributed by atoms with Gasteiger partial charge < -0.3 is 10.2 Å². The first kappa shape index (κ1) is 11.8. The second kappa shape index (κ2) is 5.53. The van der Waals surface area contributed by atoms with Crippen LogP contribution in [0.3, 0.4) is 0 Å². The predicted octanol–water partition coefficient (Wildman–Crippen LogP) is 2.06. The van der Waals surface area contributed by atoms with Crippen molar-refractivity contribution in [1.82, 2.24) is 9.97 Å². The van der Waals surface area contributed by atoms with Crippen LogP contribution in [0.4, 0.5) is 11.8 Å². The highest BCUT2D eigenvalue weighted by atomic mass is 15.2. The maximum Gasteiger partial charge on any atom is 0.224 e. The number of hydrogen-bond donors (Lipinski definition) is 1. The summed E-state index contributed by atoms with van der Waals surface area (Å²) in [6.45, 7) is 8.09. The Kier molecular flexibility index (Phi) is 4.34. The summed E-state index contributed by atoms with van der Waals surface area (Å²) in [6, 6.07) is 2.00. The topological polar surface area (TPSA) is 41.1 Å². The Bertz CT molecular complexity index is 311. The normalized spacial score (nSPS) is 10.1. The van der Waals surface area contributed by atoms with E-state index in [0.29, 0.717) is 0 Å². The van der Waals surface area contributed by atoms with Crippen molar-refractivity contribution >= 4 is 11.8 Å². The van der Waals surface area contributed by atoms with Crippen molar-refractivity contribution in [2.45, 2.75) is 27.2 Å². The van der Waals surface area contributed by atoms with Crippen molar-refractivity contribution in [2.24, 2.45) is 0 Å². The zero-order chi connectivity index (χ0) is 11.3. The SMILES string of the molecule is CCCNc1nc(C)cc(N(C)CC)n1. The van der Waals surface area contributed by atoms with E-state index >= 15 is 0 Å². The first-order valence-corrected chi connectivity index (χ1v) is 5.48. The van der Waals surface area contributed by atoms with Crippen LogP contribution in [-0.2, 0) is 0 Å². The molecule has 4 heteroatoms. The maximum absolute atomic E-state index is 4.45. The number of nitrogens with one attached hydrogen (secondary N) is 1. The molecular weight excluding hydrogens is 188 g/mol. The van der Waals surface area contributed by atoms with E-state index < -0.39 is 0 Å². The first-order valence-electron chi connectivity index (χ1n) is 5.48. The third kappa shape index (κ3) is 3.38. The average molecular weight is 208 g/mol. The van der Waals surface area contributed by atoms with Crippen LogP contribution >= 0.6 is 0 Å². The molecule has 0 unspecified atom stereocenters. The first-order chi connectivity index (χ1) is 7.17. The molecule has 1 aromatic rings. The van der Waals surface area contributed by atoms with Gasteiger partial charge in [-0.05, 0) is 20.3 Å². The van der Waals surface area contributed by atoms with Crippen molar-refractivity contribution in [3.8, 4) is 0 Å². The summed E-state index contributed by atoms with van der Waals surface area (Å²) >= 11 is 0. The van der Waals surface area contributed by atoms with Gasteiger partial charge in [0.05, 0.1) is 0 Å². The molecule has 0 aliphatic rings. The maximum atomic E-state index is 4.45. The lowest BCUT2D eigenvalue weighted by Crippen LogP contribution is -2.18. The van der Waals surface area contributed by atoms with E-state index in [1.165, 1.54) is 0 Å². The Morgan fingerprint density at radius 1 is 1.33 bits per heavy atom. The number of hydrogen-bond acceptors (Lipinski definition) is 4. The van der Waals surface area contributed by atoms with E-state index in [4.69, 9.17) is 0 Å². The molecule has 0 atom stereocenters. The Labute approximate surface area is 91.7 Å². The molecule has 0 spiro atoms. The van der Waals surface area contributed by atoms with E-state index in [-0.39, 0.29) is 0 Å². The Balaban J connectivity index is 2.84. The molecule has 1 rings (SSSR count). The molecule has 1 aromatic heterocycles. The van der Waals surface area contributed by atoms with Crippen LogP contribution in [0.15, 0.2) is 6.07 Å². The highest BCUT2D eigenvalue weighted by Crippen LogP contribution is 2.12. The van der Waals surface area contributed by atoms with Crippen LogP contribution < -0.4 is 10.2 Å². The molecule has 15 heavy (non-hydrogen) atoms. The lowest BCUT2D eigenvalue weighted by Gasteiger charge is -2.16. The fraction of sp³-hybridized carbons (Fsp3) is 0.636. The monoisotopic (exact) mass is 208 g/mol. The number of aryl methyl sites for hydroxylation is 1. The minimum atomic E-state index is 0.729. The molecule has 0 bridgehead atoms. The molecule has 1 N–H and O–H groups in total. The van der Waals surface area contributed by atoms with Crippen molar-refractivity contribution in [2.75, 3.05) is 30.4 Å². The molecule has 0 saturated heterocycles. The molecule has 0 aliphatic carbocycles. The van der Waals surface area contributed by atoms with Gasteiger partial charge in [0.15, 0.2) is 0 Å². The van der Waals surface area contributed by atoms with Gasteiger partial charge in [-0.1, -0.05) is 6.92 Å². The molecule has 0 aromatic carbocycles. The van der Waals surface area contributed by atoms with Gasteiger partial charge in [-0.2, -0.15) is 4.98 Å². The second-order valence-electron chi connectivity index (χ2n) is 3.63. The van der Waals surface area contributed by atoms with Gasteiger partial charge in [-0.15, -0.1) is 0 Å². The summed E-state index contributed by atoms with van der Waals surface area (Å²) in [7, 11) is 2.03. The lowest BCUT2D eigenvalue weighted by molar-refractivity contribution is 0.905. The summed E-state index contributed by atoms with van der Waals surface area (Å²) in [5, 5.41) is 3.21. The number of rotatable bonds is 5. The third-order valence-corrected chi connectivity index (χ3v) is 2.24. The summed E-state index contributed by atoms with van der Waals surface area (Å²) in [6.07, 6.45) is 1.08. The zero-order valence-corrected chi connectivity index (χ0v) is 10.0. The quantitative estimate of drug-likeness (QED) is 0.804. The van der Waals surface area contributed by atoms with Crippen molar-refractivity contribution in [1.29, 1.82) is 0 Å². The zero-order valence-electron chi connectivity index (χ0n) is 10.0. The second-order valence-corrected chi connectivity index (χ2v) is 3.63. The van der Waals surface area contributed by atoms with Gasteiger partial charge >= 0.3 is 0 Å². The highest BCUT2D eigenvalue weighted by Gasteiger charge is 2.04. The number of anilines is 2. The fourth-order valence-electron chi connectivity index (χ4n) is 1.23. The molecule has 0 radical (unpaired) electrons. The molecular formula is C11H20N4. The summed E-state index contributed by atoms with van der Waals surface area (Å²) in [5.74, 6) is 1.70. The van der Waals surface area contributed by atoms with Crippen LogP contribution in [0, 0.1) is 6.92 Å². The van der Waals surface area contributed by atoms with Crippen LogP contribution in [0.1, 0.15) is 26.0 Å². The Morgan fingerprint density at radius 2 is 2.07 bits per heavy atom. The molecule has 0 aliphatic heterocycles. The van der Waals surface area contributed by atoms with Crippen LogP contribution in [0.2, 0.25) is 0 Å². The van der Waals surface area contributed by atoms with Crippen molar-refractivity contribution in [3.05, 3.63) is 11.8 Å². The van der Waals surface area contributed by atoms with E-state index in [9.17, 15) is 0 Å². The van der Waals surface area contributed by atoms with Gasteiger partial charge in [0.1, 0.15) is 5.82 Å². The van der Waals surface area contributed by atoms with Gasteiger partial charge in [0.2, 0.25) is 5.95 Å². The summed E-state index contributed by atoms with van der Waals surface area (Å²) in [4.78, 5) is 10.9. The van der Waals surface area contributed by atoms with E-state index in [1.54, 1.807) is 0 Å². The van der Waals surface area contributed by atoms with Gasteiger partial charge in [0.25, 0.3) is 0 Å². The van der Waals surface area contributed by atoms with Crippen LogP contribution in [0.25, 0.3) is 0 Å². The molecule has 0 fully saturated rings. The van der Waals surface area contributed by atoms with Crippen molar-refractivity contribution in [3.63, 3.8) is 0 Å². The van der Waals surface area contributed by atoms with Gasteiger partial charge in [-0.3, -0.25) is 0 Å². The van der Waals surface area contributed by atoms with Gasteiger partial charge in [0, 0.05) is 31.9 Å². The summed E-state index contributed by atoms with van der Waals surface area (Å²) < 4.78 is 0.